The van der Waals surface area contributed by atoms with Gasteiger partial charge in [-0.2, -0.15) is 0 Å². The summed E-state index contributed by atoms with van der Waals surface area (Å²) in [5.74, 6) is 0.590. The molecule has 202 valence electrons. The lowest BCUT2D eigenvalue weighted by Gasteiger charge is -2.28. The number of fused-ring (bicyclic) bond motifs is 1. The smallest absolute Gasteiger partial charge is 0.0606 e. The fourth-order valence-corrected chi connectivity index (χ4v) is 8.24. The number of rotatable bonds is 11. The highest BCUT2D eigenvalue weighted by Gasteiger charge is 2.39. The van der Waals surface area contributed by atoms with Crippen LogP contribution >= 0.6 is 23.5 Å². The van der Waals surface area contributed by atoms with Gasteiger partial charge in [0.25, 0.3) is 0 Å². The van der Waals surface area contributed by atoms with E-state index in [4.69, 9.17) is 0 Å². The van der Waals surface area contributed by atoms with Gasteiger partial charge in [0.2, 0.25) is 0 Å². The van der Waals surface area contributed by atoms with Gasteiger partial charge in [0, 0.05) is 33.3 Å². The molecule has 4 unspecified atom stereocenters. The number of allylic oxidation sites excluding steroid dienone is 7. The van der Waals surface area contributed by atoms with Gasteiger partial charge >= 0.3 is 0 Å². The average Bonchev–Trinajstić information content (AvgIpc) is 3.26. The quantitative estimate of drug-likeness (QED) is 0.279. The van der Waals surface area contributed by atoms with Crippen LogP contribution in [0.2, 0.25) is 0 Å². The second-order valence-electron chi connectivity index (χ2n) is 10.4. The minimum atomic E-state index is 0.478. The lowest BCUT2D eigenvalue weighted by molar-refractivity contribution is 0.245. The SMILES string of the molecule is C=C(/C=C(\CC)CC1SC2C=C(/C=C/c3ccccc3)C=CC2N1CC)SC1=C(NCC)C=C(C)C(C)C1. The Morgan fingerprint density at radius 1 is 1.18 bits per heavy atom. The van der Waals surface area contributed by atoms with Gasteiger partial charge in [-0.15, -0.1) is 11.8 Å². The van der Waals surface area contributed by atoms with Crippen molar-refractivity contribution in [3.05, 3.63) is 111 Å². The Bertz CT molecular complexity index is 1170. The summed E-state index contributed by atoms with van der Waals surface area (Å²) in [4.78, 5) is 5.26. The van der Waals surface area contributed by atoms with Crippen molar-refractivity contribution in [3.8, 4) is 0 Å². The highest BCUT2D eigenvalue weighted by molar-refractivity contribution is 8.06. The number of hydrogen-bond acceptors (Lipinski definition) is 4. The normalized spacial score (nSPS) is 26.0. The molecule has 1 N–H and O–H groups in total. The van der Waals surface area contributed by atoms with Crippen molar-refractivity contribution in [1.29, 1.82) is 0 Å². The predicted octanol–water partition coefficient (Wildman–Crippen LogP) is 9.11. The molecule has 3 aliphatic rings. The molecule has 0 spiro atoms. The van der Waals surface area contributed by atoms with Gasteiger partial charge in [0.15, 0.2) is 0 Å². The van der Waals surface area contributed by atoms with E-state index in [2.05, 4.69) is 136 Å². The van der Waals surface area contributed by atoms with Crippen LogP contribution in [0.5, 0.6) is 0 Å². The van der Waals surface area contributed by atoms with E-state index in [9.17, 15) is 0 Å². The van der Waals surface area contributed by atoms with Crippen LogP contribution in [-0.4, -0.2) is 34.7 Å². The van der Waals surface area contributed by atoms with Crippen molar-refractivity contribution in [2.24, 2.45) is 5.92 Å². The molecular formula is C34H44N2S2. The highest BCUT2D eigenvalue weighted by Crippen LogP contribution is 2.43. The van der Waals surface area contributed by atoms with Crippen LogP contribution in [0.4, 0.5) is 0 Å². The Kier molecular flexibility index (Phi) is 10.5. The van der Waals surface area contributed by atoms with E-state index >= 15 is 0 Å². The van der Waals surface area contributed by atoms with Crippen molar-refractivity contribution < 1.29 is 0 Å². The van der Waals surface area contributed by atoms with Crippen LogP contribution in [0.1, 0.15) is 59.4 Å². The molecule has 0 saturated carbocycles. The highest BCUT2D eigenvalue weighted by atomic mass is 32.2. The third-order valence-corrected chi connectivity index (χ3v) is 10.2. The summed E-state index contributed by atoms with van der Waals surface area (Å²) in [6.07, 6.45) is 19.6. The Morgan fingerprint density at radius 2 is 1.97 bits per heavy atom. The minimum Gasteiger partial charge on any atom is -0.385 e. The first-order chi connectivity index (χ1) is 18.4. The fourth-order valence-electron chi connectivity index (χ4n) is 5.36. The Morgan fingerprint density at radius 3 is 2.68 bits per heavy atom. The molecule has 1 heterocycles. The number of benzene rings is 1. The molecular weight excluding hydrogens is 501 g/mol. The Hall–Kier alpha value is -2.14. The van der Waals surface area contributed by atoms with E-state index in [1.165, 1.54) is 32.9 Å². The summed E-state index contributed by atoms with van der Waals surface area (Å²) in [5.41, 5.74) is 6.79. The molecule has 2 aliphatic carbocycles. The first kappa shape index (κ1) is 28.9. The molecule has 4 rings (SSSR count). The molecule has 1 aromatic rings. The molecule has 1 fully saturated rings. The van der Waals surface area contributed by atoms with Gasteiger partial charge in [0.05, 0.1) is 5.37 Å². The molecule has 0 bridgehead atoms. The van der Waals surface area contributed by atoms with Crippen LogP contribution < -0.4 is 5.32 Å². The van der Waals surface area contributed by atoms with E-state index < -0.39 is 0 Å². The zero-order chi connectivity index (χ0) is 27.1. The summed E-state index contributed by atoms with van der Waals surface area (Å²) < 4.78 is 0. The first-order valence-electron chi connectivity index (χ1n) is 14.2. The topological polar surface area (TPSA) is 15.3 Å². The molecule has 0 radical (unpaired) electrons. The summed E-state index contributed by atoms with van der Waals surface area (Å²) in [6.45, 7) is 17.8. The number of thioether (sulfide) groups is 2. The maximum Gasteiger partial charge on any atom is 0.0606 e. The van der Waals surface area contributed by atoms with E-state index in [1.54, 1.807) is 0 Å². The minimum absolute atomic E-state index is 0.478. The van der Waals surface area contributed by atoms with Gasteiger partial charge in [-0.1, -0.05) is 111 Å². The van der Waals surface area contributed by atoms with Crippen LogP contribution in [0, 0.1) is 5.92 Å². The summed E-state index contributed by atoms with van der Waals surface area (Å²) in [6, 6.07) is 11.0. The summed E-state index contributed by atoms with van der Waals surface area (Å²) in [7, 11) is 0. The van der Waals surface area contributed by atoms with Crippen LogP contribution in [0.3, 0.4) is 0 Å². The summed E-state index contributed by atoms with van der Waals surface area (Å²) in [5, 5.41) is 4.57. The first-order valence-corrected chi connectivity index (χ1v) is 15.9. The average molecular weight is 545 g/mol. The van der Waals surface area contributed by atoms with Crippen molar-refractivity contribution in [2.45, 2.75) is 70.5 Å². The second-order valence-corrected chi connectivity index (χ2v) is 13.0. The summed E-state index contributed by atoms with van der Waals surface area (Å²) >= 11 is 3.99. The molecule has 0 aromatic heterocycles. The van der Waals surface area contributed by atoms with Crippen molar-refractivity contribution in [2.75, 3.05) is 13.1 Å². The van der Waals surface area contributed by atoms with Crippen LogP contribution in [-0.2, 0) is 0 Å². The zero-order valence-electron chi connectivity index (χ0n) is 23.7. The maximum atomic E-state index is 4.47. The van der Waals surface area contributed by atoms with Gasteiger partial charge in [0.1, 0.15) is 0 Å². The third-order valence-electron chi connectivity index (χ3n) is 7.70. The molecule has 1 aliphatic heterocycles. The Balaban J connectivity index is 1.43. The predicted molar refractivity (Wildman–Crippen MR) is 172 cm³/mol. The van der Waals surface area contributed by atoms with E-state index in [-0.39, 0.29) is 0 Å². The van der Waals surface area contributed by atoms with Crippen molar-refractivity contribution in [1.82, 2.24) is 10.2 Å². The standard InChI is InChI=1S/C34H44N2S2/c1-7-27(21-26(6)37-32-20-25(5)24(4)19-30(32)35-8-2)23-34-36(9-3)31-18-17-29(22-33(31)38-34)16-15-28-13-11-10-12-14-28/h10-19,21-22,25,31,33-35H,6-9,20,23H2,1-5H3/b16-15+,27-21+. The molecule has 0 amide bonds. The number of nitrogens with zero attached hydrogens (tertiary/aromatic N) is 1. The number of likely N-dealkylation sites (N-methyl/N-ethyl adjacent to an activating group) is 2. The second kappa shape index (κ2) is 13.8. The van der Waals surface area contributed by atoms with E-state index in [0.717, 1.165) is 37.3 Å². The van der Waals surface area contributed by atoms with Gasteiger partial charge in [-0.25, -0.2) is 0 Å². The largest absolute Gasteiger partial charge is 0.385 e. The zero-order valence-corrected chi connectivity index (χ0v) is 25.4. The molecule has 2 nitrogen and oxygen atoms in total. The number of hydrogen-bond donors (Lipinski definition) is 1. The fraction of sp³-hybridized carbons (Fsp3) is 0.412. The van der Waals surface area contributed by atoms with Gasteiger partial charge in [-0.05, 0) is 68.9 Å². The van der Waals surface area contributed by atoms with E-state index in [1.807, 2.05) is 11.8 Å². The van der Waals surface area contributed by atoms with Crippen LogP contribution in [0.15, 0.2) is 106 Å². The number of nitrogens with one attached hydrogen (secondary N) is 1. The lowest BCUT2D eigenvalue weighted by Crippen LogP contribution is -2.37. The molecule has 1 saturated heterocycles. The van der Waals surface area contributed by atoms with Crippen LogP contribution in [0.25, 0.3) is 6.08 Å². The molecule has 38 heavy (non-hydrogen) atoms. The van der Waals surface area contributed by atoms with Gasteiger partial charge in [-0.3, -0.25) is 4.90 Å². The molecule has 4 atom stereocenters. The third kappa shape index (κ3) is 7.28. The molecule has 4 heteroatoms. The lowest BCUT2D eigenvalue weighted by atomic mass is 9.93. The van der Waals surface area contributed by atoms with Crippen molar-refractivity contribution >= 4 is 29.6 Å². The molecule has 1 aromatic carbocycles. The Labute approximate surface area is 239 Å². The van der Waals surface area contributed by atoms with E-state index in [0.29, 0.717) is 22.6 Å². The van der Waals surface area contributed by atoms with Gasteiger partial charge < -0.3 is 5.32 Å². The monoisotopic (exact) mass is 544 g/mol. The maximum absolute atomic E-state index is 4.47. The van der Waals surface area contributed by atoms with Crippen molar-refractivity contribution in [3.63, 3.8) is 0 Å².